The van der Waals surface area contributed by atoms with Crippen LogP contribution in [0.3, 0.4) is 0 Å². The van der Waals surface area contributed by atoms with Crippen LogP contribution in [0.1, 0.15) is 27.7 Å². The van der Waals surface area contributed by atoms with Gasteiger partial charge in [-0.15, -0.1) is 0 Å². The van der Waals surface area contributed by atoms with Crippen LogP contribution in [0.25, 0.3) is 33.3 Å². The maximum Gasteiger partial charge on any atom is 0.311 e. The lowest BCUT2D eigenvalue weighted by Crippen LogP contribution is -2.49. The van der Waals surface area contributed by atoms with Crippen LogP contribution < -0.4 is 5.46 Å². The number of aliphatic hydroxyl groups is 1. The van der Waals surface area contributed by atoms with Gasteiger partial charge in [0.2, 0.25) is 0 Å². The van der Waals surface area contributed by atoms with Crippen LogP contribution in [0, 0.1) is 0 Å². The first-order chi connectivity index (χ1) is 14.3. The second kappa shape index (κ2) is 7.79. The molecular weight excluding hydrogens is 369 g/mol. The van der Waals surface area contributed by atoms with Crippen LogP contribution in [-0.2, 0) is 4.65 Å². The lowest BCUT2D eigenvalue weighted by molar-refractivity contribution is -0.0893. The first-order valence-corrected chi connectivity index (χ1v) is 10.4. The molecule has 0 fully saturated rings. The van der Waals surface area contributed by atoms with E-state index in [1.807, 2.05) is 26.0 Å². The smallest absolute Gasteiger partial charge is 0.311 e. The van der Waals surface area contributed by atoms with Crippen molar-refractivity contribution in [2.24, 2.45) is 0 Å². The number of para-hydroxylation sites is 1. The van der Waals surface area contributed by atoms with Gasteiger partial charge in [0.15, 0.2) is 0 Å². The summed E-state index contributed by atoms with van der Waals surface area (Å²) in [5.74, 6) is 0. The van der Waals surface area contributed by atoms with Crippen LogP contribution in [0.4, 0.5) is 0 Å². The predicted octanol–water partition coefficient (Wildman–Crippen LogP) is 5.04. The molecule has 0 bridgehead atoms. The van der Waals surface area contributed by atoms with E-state index in [-0.39, 0.29) is 0 Å². The molecule has 0 aliphatic carbocycles. The van der Waals surface area contributed by atoms with Gasteiger partial charge in [0.05, 0.1) is 16.9 Å². The number of hydrogen-bond donors (Lipinski definition) is 2. The minimum atomic E-state index is -0.943. The second-order valence-corrected chi connectivity index (χ2v) is 8.80. The molecule has 3 aromatic carbocycles. The zero-order valence-corrected chi connectivity index (χ0v) is 18.1. The standard InChI is InChI=1S/C26H28BNO2/c1-25(2,29)26(3,4)30-27-21-17-11-16-20-22(18-12-7-5-8-13-18)23(28-24(20)21)19-14-9-6-10-15-19/h5-17,27-29H,1-4H3. The monoisotopic (exact) mass is 397 g/mol. The first-order valence-electron chi connectivity index (χ1n) is 10.4. The molecule has 3 nitrogen and oxygen atoms in total. The van der Waals surface area contributed by atoms with Crippen molar-refractivity contribution >= 4 is 23.8 Å². The fourth-order valence-corrected chi connectivity index (χ4v) is 3.56. The number of H-pyrrole nitrogens is 1. The van der Waals surface area contributed by atoms with E-state index in [2.05, 4.69) is 71.7 Å². The van der Waals surface area contributed by atoms with E-state index in [1.165, 1.54) is 16.5 Å². The van der Waals surface area contributed by atoms with Crippen molar-refractivity contribution in [2.45, 2.75) is 38.9 Å². The van der Waals surface area contributed by atoms with Gasteiger partial charge in [0.25, 0.3) is 0 Å². The van der Waals surface area contributed by atoms with Crippen molar-refractivity contribution in [2.75, 3.05) is 0 Å². The molecule has 4 heteroatoms. The summed E-state index contributed by atoms with van der Waals surface area (Å²) in [6, 6.07) is 27.2. The summed E-state index contributed by atoms with van der Waals surface area (Å²) < 4.78 is 6.18. The molecule has 4 rings (SSSR count). The van der Waals surface area contributed by atoms with Gasteiger partial charge in [0, 0.05) is 16.5 Å². The SMILES string of the molecule is CC(C)(O)C(C)(C)OBc1cccc2c(-c3ccccc3)c(-c3ccccc3)[nH]c12. The molecule has 4 aromatic rings. The van der Waals surface area contributed by atoms with Crippen molar-refractivity contribution in [1.29, 1.82) is 0 Å². The maximum atomic E-state index is 10.4. The topological polar surface area (TPSA) is 45.2 Å². The molecule has 2 N–H and O–H groups in total. The van der Waals surface area contributed by atoms with Crippen LogP contribution in [-0.4, -0.2) is 28.8 Å². The summed E-state index contributed by atoms with van der Waals surface area (Å²) in [6.07, 6.45) is 0. The normalized spacial score (nSPS) is 12.3. The lowest BCUT2D eigenvalue weighted by atomic mass is 9.81. The minimum Gasteiger partial charge on any atom is -0.427 e. The molecule has 152 valence electrons. The van der Waals surface area contributed by atoms with Crippen molar-refractivity contribution < 1.29 is 9.76 Å². The number of rotatable bonds is 6. The molecule has 0 atom stereocenters. The van der Waals surface area contributed by atoms with E-state index >= 15 is 0 Å². The summed E-state index contributed by atoms with van der Waals surface area (Å²) in [5, 5.41) is 11.6. The summed E-state index contributed by atoms with van der Waals surface area (Å²) >= 11 is 0. The Morgan fingerprint density at radius 3 is 1.97 bits per heavy atom. The zero-order valence-electron chi connectivity index (χ0n) is 18.1. The van der Waals surface area contributed by atoms with Crippen molar-refractivity contribution in [3.63, 3.8) is 0 Å². The van der Waals surface area contributed by atoms with Crippen molar-refractivity contribution in [3.05, 3.63) is 78.9 Å². The summed E-state index contributed by atoms with van der Waals surface area (Å²) in [5.41, 5.74) is 5.15. The van der Waals surface area contributed by atoms with Crippen LogP contribution in [0.15, 0.2) is 78.9 Å². The Bertz CT molecular complexity index is 1140. The van der Waals surface area contributed by atoms with Gasteiger partial charge in [-0.25, -0.2) is 0 Å². The van der Waals surface area contributed by atoms with E-state index in [1.54, 1.807) is 13.8 Å². The van der Waals surface area contributed by atoms with Crippen molar-refractivity contribution in [1.82, 2.24) is 4.98 Å². The van der Waals surface area contributed by atoms with E-state index in [9.17, 15) is 5.11 Å². The molecule has 0 aliphatic heterocycles. The fourth-order valence-electron chi connectivity index (χ4n) is 3.56. The first kappa shape index (κ1) is 20.5. The number of nitrogens with one attached hydrogen (secondary N) is 1. The maximum absolute atomic E-state index is 10.4. The molecule has 0 saturated heterocycles. The number of aromatic nitrogens is 1. The fraction of sp³-hybridized carbons (Fsp3) is 0.231. The molecule has 30 heavy (non-hydrogen) atoms. The Labute approximate surface area is 179 Å². The van der Waals surface area contributed by atoms with Crippen LogP contribution in [0.5, 0.6) is 0 Å². The van der Waals surface area contributed by atoms with E-state index in [0.29, 0.717) is 7.48 Å². The third-order valence-electron chi connectivity index (χ3n) is 6.11. The van der Waals surface area contributed by atoms with Gasteiger partial charge in [-0.1, -0.05) is 78.9 Å². The third kappa shape index (κ3) is 3.81. The molecule has 1 heterocycles. The molecule has 0 unspecified atom stereocenters. The van der Waals surface area contributed by atoms with Crippen LogP contribution in [0.2, 0.25) is 0 Å². The molecule has 0 radical (unpaired) electrons. The number of aromatic amines is 1. The predicted molar refractivity (Wildman–Crippen MR) is 127 cm³/mol. The van der Waals surface area contributed by atoms with Gasteiger partial charge in [-0.05, 0) is 44.3 Å². The number of hydrogen-bond acceptors (Lipinski definition) is 2. The second-order valence-electron chi connectivity index (χ2n) is 8.80. The van der Waals surface area contributed by atoms with Gasteiger partial charge in [-0.3, -0.25) is 0 Å². The summed E-state index contributed by atoms with van der Waals surface area (Å²) in [4.78, 5) is 3.68. The molecule has 0 aliphatic rings. The van der Waals surface area contributed by atoms with Crippen molar-refractivity contribution in [3.8, 4) is 22.4 Å². The molecule has 0 spiro atoms. The Kier molecular flexibility index (Phi) is 5.31. The van der Waals surface area contributed by atoms with Crippen LogP contribution >= 0.6 is 0 Å². The quantitative estimate of drug-likeness (QED) is 0.448. The van der Waals surface area contributed by atoms with Gasteiger partial charge >= 0.3 is 7.48 Å². The molecule has 0 saturated carbocycles. The van der Waals surface area contributed by atoms with E-state index < -0.39 is 11.2 Å². The largest absolute Gasteiger partial charge is 0.427 e. The average molecular weight is 397 g/mol. The number of benzene rings is 3. The Morgan fingerprint density at radius 2 is 1.37 bits per heavy atom. The Balaban J connectivity index is 1.85. The molecular formula is C26H28BNO2. The average Bonchev–Trinajstić information content (AvgIpc) is 3.13. The third-order valence-corrected chi connectivity index (χ3v) is 6.11. The molecule has 1 aromatic heterocycles. The Morgan fingerprint density at radius 1 is 0.767 bits per heavy atom. The highest BCUT2D eigenvalue weighted by Gasteiger charge is 2.35. The van der Waals surface area contributed by atoms with Gasteiger partial charge in [-0.2, -0.15) is 0 Å². The highest BCUT2D eigenvalue weighted by atomic mass is 16.5. The molecule has 0 amide bonds. The summed E-state index contributed by atoms with van der Waals surface area (Å²) in [6.45, 7) is 7.41. The van der Waals surface area contributed by atoms with E-state index in [0.717, 1.165) is 22.2 Å². The highest BCUT2D eigenvalue weighted by molar-refractivity contribution is 6.51. The minimum absolute atomic E-state index is 0.414. The van der Waals surface area contributed by atoms with Gasteiger partial charge < -0.3 is 14.7 Å². The summed E-state index contributed by atoms with van der Waals surface area (Å²) in [7, 11) is 0.414. The van der Waals surface area contributed by atoms with E-state index in [4.69, 9.17) is 4.65 Å². The van der Waals surface area contributed by atoms with Gasteiger partial charge in [0.1, 0.15) is 0 Å². The Hall–Kier alpha value is -2.82. The lowest BCUT2D eigenvalue weighted by Gasteiger charge is -2.37. The highest BCUT2D eigenvalue weighted by Crippen LogP contribution is 2.37. The number of fused-ring (bicyclic) bond motifs is 1. The zero-order chi connectivity index (χ0) is 21.4.